The molecule has 2 atom stereocenters. The highest BCUT2D eigenvalue weighted by Crippen LogP contribution is 2.38. The summed E-state index contributed by atoms with van der Waals surface area (Å²) in [5, 5.41) is 4.36. The van der Waals surface area contributed by atoms with E-state index in [0.29, 0.717) is 19.4 Å². The van der Waals surface area contributed by atoms with Crippen molar-refractivity contribution in [1.29, 1.82) is 0 Å². The lowest BCUT2D eigenvalue weighted by Gasteiger charge is -2.51. The van der Waals surface area contributed by atoms with E-state index >= 15 is 0 Å². The van der Waals surface area contributed by atoms with Gasteiger partial charge in [0.2, 0.25) is 11.8 Å². The van der Waals surface area contributed by atoms with Gasteiger partial charge in [-0.1, -0.05) is 0 Å². The maximum absolute atomic E-state index is 12.9. The van der Waals surface area contributed by atoms with Gasteiger partial charge in [0.25, 0.3) is 0 Å². The summed E-state index contributed by atoms with van der Waals surface area (Å²) in [6.45, 7) is 5.52. The van der Waals surface area contributed by atoms with Crippen LogP contribution in [0, 0.1) is 6.92 Å². The summed E-state index contributed by atoms with van der Waals surface area (Å²) in [5.74, 6) is 0.388. The number of carbonyl (C=O) groups excluding carboxylic acids is 2. The molecule has 0 aromatic carbocycles. The number of piperidine rings is 1. The van der Waals surface area contributed by atoms with Gasteiger partial charge in [-0.3, -0.25) is 14.3 Å². The normalized spacial score (nSPS) is 27.8. The lowest BCUT2D eigenvalue weighted by Crippen LogP contribution is -2.64. The van der Waals surface area contributed by atoms with Crippen molar-refractivity contribution in [2.24, 2.45) is 0 Å². The number of rotatable bonds is 3. The Kier molecular flexibility index (Phi) is 4.65. The number of fused-ring (bicyclic) bond motifs is 1. The molecule has 0 saturated carbocycles. The van der Waals surface area contributed by atoms with Crippen molar-refractivity contribution in [3.63, 3.8) is 0 Å². The van der Waals surface area contributed by atoms with Gasteiger partial charge in [-0.25, -0.2) is 0 Å². The topological polar surface area (TPSA) is 58.4 Å². The maximum atomic E-state index is 12.9. The SMILES string of the molecule is Cc1ccn(CCC(=O)N2CCCC[C@@]3(C)[C@@H]2CCC(=O)N3C)n1. The van der Waals surface area contributed by atoms with Crippen LogP contribution in [0.25, 0.3) is 0 Å². The molecule has 0 bridgehead atoms. The first-order chi connectivity index (χ1) is 11.4. The highest BCUT2D eigenvalue weighted by Gasteiger charge is 2.48. The Bertz CT molecular complexity index is 626. The zero-order chi connectivity index (χ0) is 17.3. The molecule has 6 nitrogen and oxygen atoms in total. The summed E-state index contributed by atoms with van der Waals surface area (Å²) >= 11 is 0. The van der Waals surface area contributed by atoms with Crippen molar-refractivity contribution in [3.05, 3.63) is 18.0 Å². The molecule has 0 radical (unpaired) electrons. The fourth-order valence-electron chi connectivity index (χ4n) is 4.23. The van der Waals surface area contributed by atoms with Crippen molar-refractivity contribution in [2.75, 3.05) is 13.6 Å². The van der Waals surface area contributed by atoms with Crippen LogP contribution in [0.2, 0.25) is 0 Å². The van der Waals surface area contributed by atoms with Gasteiger partial charge in [0.1, 0.15) is 0 Å². The number of carbonyl (C=O) groups is 2. The molecule has 6 heteroatoms. The minimum Gasteiger partial charge on any atom is -0.338 e. The second-order valence-corrected chi connectivity index (χ2v) is 7.38. The third kappa shape index (κ3) is 3.06. The van der Waals surface area contributed by atoms with Crippen LogP contribution in [0.3, 0.4) is 0 Å². The van der Waals surface area contributed by atoms with Crippen molar-refractivity contribution in [1.82, 2.24) is 19.6 Å². The molecule has 2 saturated heterocycles. The maximum Gasteiger partial charge on any atom is 0.224 e. The van der Waals surface area contributed by atoms with Crippen LogP contribution in [0.15, 0.2) is 12.3 Å². The molecule has 0 spiro atoms. The molecule has 132 valence electrons. The number of amides is 2. The minimum atomic E-state index is -0.232. The summed E-state index contributed by atoms with van der Waals surface area (Å²) in [4.78, 5) is 29.0. The van der Waals surface area contributed by atoms with Gasteiger partial charge in [-0.2, -0.15) is 5.10 Å². The van der Waals surface area contributed by atoms with Gasteiger partial charge in [0.05, 0.1) is 17.3 Å². The summed E-state index contributed by atoms with van der Waals surface area (Å²) in [5.41, 5.74) is 0.737. The van der Waals surface area contributed by atoms with Crippen molar-refractivity contribution < 1.29 is 9.59 Å². The molecular formula is C18H28N4O2. The third-order valence-electron chi connectivity index (χ3n) is 5.85. The summed E-state index contributed by atoms with van der Waals surface area (Å²) in [7, 11) is 1.90. The predicted molar refractivity (Wildman–Crippen MR) is 91.3 cm³/mol. The number of hydrogen-bond donors (Lipinski definition) is 0. The van der Waals surface area contributed by atoms with Gasteiger partial charge in [-0.05, 0) is 45.6 Å². The number of aryl methyl sites for hydroxylation is 2. The highest BCUT2D eigenvalue weighted by atomic mass is 16.2. The molecule has 3 rings (SSSR count). The smallest absolute Gasteiger partial charge is 0.224 e. The second kappa shape index (κ2) is 6.57. The van der Waals surface area contributed by atoms with Crippen molar-refractivity contribution in [3.8, 4) is 0 Å². The largest absolute Gasteiger partial charge is 0.338 e. The van der Waals surface area contributed by atoms with Gasteiger partial charge in [0, 0.05) is 39.2 Å². The second-order valence-electron chi connectivity index (χ2n) is 7.38. The Hall–Kier alpha value is -1.85. The van der Waals surface area contributed by atoms with Gasteiger partial charge < -0.3 is 9.80 Å². The monoisotopic (exact) mass is 332 g/mol. The lowest BCUT2D eigenvalue weighted by molar-refractivity contribution is -0.150. The third-order valence-corrected chi connectivity index (χ3v) is 5.85. The first kappa shape index (κ1) is 17.0. The Morgan fingerprint density at radius 3 is 2.92 bits per heavy atom. The molecule has 3 heterocycles. The van der Waals surface area contributed by atoms with Gasteiger partial charge in [0.15, 0.2) is 0 Å². The zero-order valence-electron chi connectivity index (χ0n) is 15.0. The first-order valence-corrected chi connectivity index (χ1v) is 8.98. The van der Waals surface area contributed by atoms with E-state index in [1.165, 1.54) is 0 Å². The zero-order valence-corrected chi connectivity index (χ0v) is 15.0. The first-order valence-electron chi connectivity index (χ1n) is 8.98. The Balaban J connectivity index is 1.73. The van der Waals surface area contributed by atoms with Gasteiger partial charge in [-0.15, -0.1) is 0 Å². The van der Waals surface area contributed by atoms with E-state index in [1.54, 1.807) is 0 Å². The number of nitrogens with zero attached hydrogens (tertiary/aromatic N) is 4. The van der Waals surface area contributed by atoms with Crippen LogP contribution in [0.1, 0.15) is 51.1 Å². The van der Waals surface area contributed by atoms with Crippen LogP contribution in [0.4, 0.5) is 0 Å². The number of likely N-dealkylation sites (N-methyl/N-ethyl adjacent to an activating group) is 1. The summed E-state index contributed by atoms with van der Waals surface area (Å²) < 4.78 is 1.83. The Morgan fingerprint density at radius 1 is 1.42 bits per heavy atom. The molecule has 0 aliphatic carbocycles. The quantitative estimate of drug-likeness (QED) is 0.850. The van der Waals surface area contributed by atoms with Crippen LogP contribution in [-0.2, 0) is 16.1 Å². The molecule has 2 aliphatic heterocycles. The number of hydrogen-bond acceptors (Lipinski definition) is 3. The molecule has 0 N–H and O–H groups in total. The van der Waals surface area contributed by atoms with Gasteiger partial charge >= 0.3 is 0 Å². The summed E-state index contributed by atoms with van der Waals surface area (Å²) in [6, 6.07) is 2.09. The Morgan fingerprint density at radius 2 is 2.21 bits per heavy atom. The van der Waals surface area contributed by atoms with E-state index in [1.807, 2.05) is 40.7 Å². The molecule has 2 fully saturated rings. The van der Waals surface area contributed by atoms with Crippen LogP contribution in [0.5, 0.6) is 0 Å². The molecule has 0 unspecified atom stereocenters. The highest BCUT2D eigenvalue weighted by molar-refractivity contribution is 5.80. The minimum absolute atomic E-state index is 0.134. The molecule has 2 amide bonds. The molecule has 1 aromatic heterocycles. The predicted octanol–water partition coefficient (Wildman–Crippen LogP) is 1.97. The number of aromatic nitrogens is 2. The molecular weight excluding hydrogens is 304 g/mol. The lowest BCUT2D eigenvalue weighted by atomic mass is 9.79. The van der Waals surface area contributed by atoms with E-state index in [2.05, 4.69) is 12.0 Å². The average molecular weight is 332 g/mol. The van der Waals surface area contributed by atoms with Crippen LogP contribution >= 0.6 is 0 Å². The molecule has 2 aliphatic rings. The van der Waals surface area contributed by atoms with Crippen molar-refractivity contribution >= 4 is 11.8 Å². The molecule has 24 heavy (non-hydrogen) atoms. The van der Waals surface area contributed by atoms with Crippen LogP contribution in [-0.4, -0.2) is 56.6 Å². The summed E-state index contributed by atoms with van der Waals surface area (Å²) in [6.07, 6.45) is 6.76. The van der Waals surface area contributed by atoms with Crippen LogP contribution < -0.4 is 0 Å². The Labute approximate surface area is 143 Å². The van der Waals surface area contributed by atoms with E-state index < -0.39 is 0 Å². The number of likely N-dealkylation sites (tertiary alicyclic amines) is 2. The fraction of sp³-hybridized carbons (Fsp3) is 0.722. The van der Waals surface area contributed by atoms with E-state index in [9.17, 15) is 9.59 Å². The van der Waals surface area contributed by atoms with E-state index in [-0.39, 0.29) is 23.4 Å². The van der Waals surface area contributed by atoms with Crippen molar-refractivity contribution in [2.45, 2.75) is 70.5 Å². The fourth-order valence-corrected chi connectivity index (χ4v) is 4.23. The average Bonchev–Trinajstić information content (AvgIpc) is 2.88. The van der Waals surface area contributed by atoms with E-state index in [4.69, 9.17) is 0 Å². The van der Waals surface area contributed by atoms with E-state index in [0.717, 1.165) is 37.9 Å². The molecule has 1 aromatic rings. The standard InChI is InChI=1S/C18H28N4O2/c1-14-8-12-21(19-14)13-9-17(24)22-11-5-4-10-18(2)15(22)6-7-16(23)20(18)3/h8,12,15H,4-7,9-11,13H2,1-3H3/t15-,18-/m0/s1.